The van der Waals surface area contributed by atoms with E-state index in [2.05, 4.69) is 9.71 Å². The van der Waals surface area contributed by atoms with Gasteiger partial charge in [0.25, 0.3) is 0 Å². The van der Waals surface area contributed by atoms with Gasteiger partial charge in [-0.2, -0.15) is 0 Å². The molecule has 0 heterocycles. The van der Waals surface area contributed by atoms with Gasteiger partial charge in [-0.3, -0.25) is 0 Å². The zero-order valence-electron chi connectivity index (χ0n) is 9.93. The molecule has 2 fully saturated rings. The van der Waals surface area contributed by atoms with Crippen LogP contribution in [0.3, 0.4) is 0 Å². The molecule has 96 valence electrons. The van der Waals surface area contributed by atoms with Gasteiger partial charge >= 0.3 is 0 Å². The molecule has 0 bridgehead atoms. The quantitative estimate of drug-likeness (QED) is 0.589. The lowest BCUT2D eigenvalue weighted by molar-refractivity contribution is 0.459. The topological polar surface area (TPSA) is 75.6 Å². The van der Waals surface area contributed by atoms with E-state index in [-0.39, 0.29) is 17.3 Å². The average molecular weight is 258 g/mol. The van der Waals surface area contributed by atoms with Crippen LogP contribution < -0.4 is 4.72 Å². The van der Waals surface area contributed by atoms with Gasteiger partial charge in [-0.15, -0.1) is 0 Å². The molecule has 0 radical (unpaired) electrons. The SMILES string of the molecule is CC[C@@H]1CC(NS(=O)(=O)C2CC2)C[C@@H]1N=C=O. The second-order valence-corrected chi connectivity index (χ2v) is 6.98. The first-order chi connectivity index (χ1) is 8.06. The highest BCUT2D eigenvalue weighted by Crippen LogP contribution is 2.33. The lowest BCUT2D eigenvalue weighted by Gasteiger charge is -2.12. The second-order valence-electron chi connectivity index (χ2n) is 4.99. The van der Waals surface area contributed by atoms with Crippen molar-refractivity contribution in [3.05, 3.63) is 0 Å². The molecule has 0 amide bonds. The van der Waals surface area contributed by atoms with Gasteiger partial charge in [0, 0.05) is 6.04 Å². The molecule has 0 saturated heterocycles. The summed E-state index contributed by atoms with van der Waals surface area (Å²) < 4.78 is 26.3. The van der Waals surface area contributed by atoms with Gasteiger partial charge in [0.05, 0.1) is 11.3 Å². The number of carbonyl (C=O) groups excluding carboxylic acids is 1. The molecule has 0 spiro atoms. The molecule has 0 aliphatic heterocycles. The maximum Gasteiger partial charge on any atom is 0.235 e. The lowest BCUT2D eigenvalue weighted by atomic mass is 10.0. The number of hydrogen-bond donors (Lipinski definition) is 1. The van der Waals surface area contributed by atoms with Crippen molar-refractivity contribution < 1.29 is 13.2 Å². The van der Waals surface area contributed by atoms with Gasteiger partial charge in [0.2, 0.25) is 16.1 Å². The van der Waals surface area contributed by atoms with E-state index in [0.29, 0.717) is 12.3 Å². The fourth-order valence-electron chi connectivity index (χ4n) is 2.57. The van der Waals surface area contributed by atoms with Crippen molar-refractivity contribution in [3.63, 3.8) is 0 Å². The standard InChI is InChI=1S/C11H18N2O3S/c1-2-8-5-9(6-11(8)12-7-14)13-17(15,16)10-3-4-10/h8-11,13H,2-6H2,1H3/t8-,9?,11+/m1/s1. The summed E-state index contributed by atoms with van der Waals surface area (Å²) in [5.41, 5.74) is 0. The molecular weight excluding hydrogens is 240 g/mol. The molecule has 2 rings (SSSR count). The van der Waals surface area contributed by atoms with Crippen molar-refractivity contribution in [2.45, 2.75) is 56.4 Å². The van der Waals surface area contributed by atoms with E-state index in [0.717, 1.165) is 25.7 Å². The third kappa shape index (κ3) is 2.94. The maximum absolute atomic E-state index is 11.8. The first-order valence-electron chi connectivity index (χ1n) is 6.15. The van der Waals surface area contributed by atoms with E-state index in [1.807, 2.05) is 6.92 Å². The molecule has 1 N–H and O–H groups in total. The van der Waals surface area contributed by atoms with Crippen LogP contribution in [-0.2, 0) is 14.8 Å². The minimum atomic E-state index is -3.13. The maximum atomic E-state index is 11.8. The van der Waals surface area contributed by atoms with E-state index in [9.17, 15) is 13.2 Å². The molecule has 6 heteroatoms. The monoisotopic (exact) mass is 258 g/mol. The fourth-order valence-corrected chi connectivity index (χ4v) is 4.18. The summed E-state index contributed by atoms with van der Waals surface area (Å²) in [5.74, 6) is 0.295. The van der Waals surface area contributed by atoms with Crippen molar-refractivity contribution in [3.8, 4) is 0 Å². The largest absolute Gasteiger partial charge is 0.235 e. The molecule has 0 aromatic rings. The minimum absolute atomic E-state index is 0.0624. The van der Waals surface area contributed by atoms with E-state index >= 15 is 0 Å². The van der Waals surface area contributed by atoms with Crippen molar-refractivity contribution in [2.24, 2.45) is 10.9 Å². The zero-order valence-corrected chi connectivity index (χ0v) is 10.7. The van der Waals surface area contributed by atoms with Gasteiger partial charge in [0.1, 0.15) is 0 Å². The van der Waals surface area contributed by atoms with Gasteiger partial charge < -0.3 is 0 Å². The summed E-state index contributed by atoms with van der Waals surface area (Å²) in [5, 5.41) is -0.184. The summed E-state index contributed by atoms with van der Waals surface area (Å²) in [6.07, 6.45) is 5.45. The third-order valence-corrected chi connectivity index (χ3v) is 5.71. The molecule has 3 atom stereocenters. The van der Waals surface area contributed by atoms with Crippen LogP contribution in [0.15, 0.2) is 4.99 Å². The Morgan fingerprint density at radius 3 is 2.59 bits per heavy atom. The van der Waals surface area contributed by atoms with Gasteiger partial charge in [-0.25, -0.2) is 22.9 Å². The van der Waals surface area contributed by atoms with E-state index in [1.54, 1.807) is 6.08 Å². The predicted molar refractivity (Wildman–Crippen MR) is 63.8 cm³/mol. The molecule has 2 aliphatic carbocycles. The number of hydrogen-bond acceptors (Lipinski definition) is 4. The summed E-state index contributed by atoms with van der Waals surface area (Å²) in [7, 11) is -3.13. The van der Waals surface area contributed by atoms with Crippen molar-refractivity contribution in [1.29, 1.82) is 0 Å². The summed E-state index contributed by atoms with van der Waals surface area (Å²) >= 11 is 0. The first kappa shape index (κ1) is 12.7. The number of rotatable bonds is 5. The van der Waals surface area contributed by atoms with Crippen LogP contribution >= 0.6 is 0 Å². The Morgan fingerprint density at radius 2 is 2.06 bits per heavy atom. The van der Waals surface area contributed by atoms with E-state index in [1.165, 1.54) is 0 Å². The molecule has 0 aromatic heterocycles. The highest BCUT2D eigenvalue weighted by atomic mass is 32.2. The Labute approximate surface area is 102 Å². The highest BCUT2D eigenvalue weighted by Gasteiger charge is 2.40. The van der Waals surface area contributed by atoms with Crippen molar-refractivity contribution in [2.75, 3.05) is 0 Å². The molecule has 5 nitrogen and oxygen atoms in total. The van der Waals surface area contributed by atoms with Crippen LogP contribution in [0.25, 0.3) is 0 Å². The molecular formula is C11H18N2O3S. The zero-order chi connectivity index (χ0) is 12.5. The molecule has 1 unspecified atom stereocenters. The smallest absolute Gasteiger partial charge is 0.212 e. The lowest BCUT2D eigenvalue weighted by Crippen LogP contribution is -2.35. The minimum Gasteiger partial charge on any atom is -0.212 e. The Hall–Kier alpha value is -0.710. The fraction of sp³-hybridized carbons (Fsp3) is 0.909. The first-order valence-corrected chi connectivity index (χ1v) is 7.69. The van der Waals surface area contributed by atoms with Crippen molar-refractivity contribution >= 4 is 16.1 Å². The van der Waals surface area contributed by atoms with Gasteiger partial charge in [-0.05, 0) is 31.6 Å². The summed E-state index contributed by atoms with van der Waals surface area (Å²) in [6.45, 7) is 2.04. The van der Waals surface area contributed by atoms with Gasteiger partial charge in [0.15, 0.2) is 0 Å². The Kier molecular flexibility index (Phi) is 3.66. The predicted octanol–water partition coefficient (Wildman–Crippen LogP) is 0.961. The van der Waals surface area contributed by atoms with Crippen LogP contribution in [0.1, 0.15) is 39.0 Å². The van der Waals surface area contributed by atoms with E-state index < -0.39 is 10.0 Å². The van der Waals surface area contributed by atoms with Crippen LogP contribution in [0, 0.1) is 5.92 Å². The van der Waals surface area contributed by atoms with Gasteiger partial charge in [-0.1, -0.05) is 13.3 Å². The molecule has 2 saturated carbocycles. The van der Waals surface area contributed by atoms with Crippen LogP contribution in [-0.4, -0.2) is 31.8 Å². The Balaban J connectivity index is 1.98. The van der Waals surface area contributed by atoms with Crippen molar-refractivity contribution in [1.82, 2.24) is 4.72 Å². The molecule has 17 heavy (non-hydrogen) atoms. The number of sulfonamides is 1. The summed E-state index contributed by atoms with van der Waals surface area (Å²) in [6, 6.07) is -0.128. The number of nitrogens with one attached hydrogen (secondary N) is 1. The molecule has 2 aliphatic rings. The Morgan fingerprint density at radius 1 is 1.35 bits per heavy atom. The normalized spacial score (nSPS) is 33.4. The number of nitrogens with zero attached hydrogens (tertiary/aromatic N) is 1. The third-order valence-electron chi connectivity index (χ3n) is 3.69. The van der Waals surface area contributed by atoms with Crippen LogP contribution in [0.4, 0.5) is 0 Å². The van der Waals surface area contributed by atoms with Crippen LogP contribution in [0.2, 0.25) is 0 Å². The van der Waals surface area contributed by atoms with Crippen LogP contribution in [0.5, 0.6) is 0 Å². The summed E-state index contributed by atoms with van der Waals surface area (Å²) in [4.78, 5) is 14.1. The second kappa shape index (κ2) is 4.88. The van der Waals surface area contributed by atoms with E-state index in [4.69, 9.17) is 0 Å². The highest BCUT2D eigenvalue weighted by molar-refractivity contribution is 7.90. The number of isocyanates is 1. The number of aliphatic imine (C=N–C) groups is 1. The molecule has 0 aromatic carbocycles. The average Bonchev–Trinajstić information content (AvgIpc) is 3.04. The Bertz CT molecular complexity index is 424.